The summed E-state index contributed by atoms with van der Waals surface area (Å²) in [5.74, 6) is -0.256. The van der Waals surface area contributed by atoms with Gasteiger partial charge in [0.25, 0.3) is 0 Å². The van der Waals surface area contributed by atoms with E-state index in [0.717, 1.165) is 0 Å². The van der Waals surface area contributed by atoms with E-state index in [0.29, 0.717) is 0 Å². The van der Waals surface area contributed by atoms with Crippen LogP contribution in [0.15, 0.2) is 0 Å². The Morgan fingerprint density at radius 3 is 1.77 bits per heavy atom. The summed E-state index contributed by atoms with van der Waals surface area (Å²) >= 11 is 4.04. The Morgan fingerprint density at radius 2 is 1.23 bits per heavy atom. The third-order valence-corrected chi connectivity index (χ3v) is 7.03. The van der Waals surface area contributed by atoms with Crippen molar-refractivity contribution in [1.82, 2.24) is 5.32 Å². The van der Waals surface area contributed by atoms with Gasteiger partial charge in [0.1, 0.15) is 73.2 Å². The normalized spacial score (nSPS) is 46.2. The Labute approximate surface area is 234 Å². The molecule has 0 radical (unpaired) electrons. The average Bonchev–Trinajstić information content (AvgIpc) is 2.93. The molecular weight excluding hydrogens is 566 g/mol. The van der Waals surface area contributed by atoms with Gasteiger partial charge >= 0.3 is 0 Å². The zero-order valence-corrected chi connectivity index (χ0v) is 22.4. The zero-order valence-electron chi connectivity index (χ0n) is 21.5. The van der Waals surface area contributed by atoms with E-state index in [4.69, 9.17) is 28.4 Å². The van der Waals surface area contributed by atoms with Crippen molar-refractivity contribution in [3.05, 3.63) is 0 Å². The molecular formula is C22H39NO16S. The highest BCUT2D eigenvalue weighted by Crippen LogP contribution is 2.32. The molecule has 18 heteroatoms. The molecule has 17 nitrogen and oxygen atoms in total. The number of hydrogen-bond donors (Lipinski definition) is 11. The molecule has 1 amide bonds. The predicted molar refractivity (Wildman–Crippen MR) is 130 cm³/mol. The van der Waals surface area contributed by atoms with E-state index in [1.165, 1.54) is 6.92 Å². The Balaban J connectivity index is 1.81. The van der Waals surface area contributed by atoms with Crippen LogP contribution in [0.3, 0.4) is 0 Å². The number of ether oxygens (including phenoxy) is 6. The molecule has 0 saturated carbocycles. The molecule has 3 heterocycles. The molecule has 3 aliphatic rings. The van der Waals surface area contributed by atoms with E-state index >= 15 is 0 Å². The fourth-order valence-corrected chi connectivity index (χ4v) is 4.86. The number of rotatable bonds is 11. The minimum absolute atomic E-state index is 0.0811. The second-order valence-electron chi connectivity index (χ2n) is 9.64. The lowest BCUT2D eigenvalue weighted by Crippen LogP contribution is -2.68. The van der Waals surface area contributed by atoms with Gasteiger partial charge in [-0.2, -0.15) is 12.6 Å². The lowest BCUT2D eigenvalue weighted by Gasteiger charge is -2.48. The Bertz CT molecular complexity index is 798. The predicted octanol–water partition coefficient (Wildman–Crippen LogP) is -6.48. The highest BCUT2D eigenvalue weighted by atomic mass is 32.1. The SMILES string of the molecule is CC(=O)NC1[C@H](OCCS)OC(CO)[C@@H](O[C@@H]2OC(CO)[C@H](O)[C@H](O[C@H]3OC(CO)[C@H](O)[C@H](O)C3O)C2O)[C@@H]1O. The first-order chi connectivity index (χ1) is 19.0. The topological polar surface area (TPSA) is 267 Å². The maximum Gasteiger partial charge on any atom is 0.217 e. The molecule has 3 fully saturated rings. The van der Waals surface area contributed by atoms with Crippen LogP contribution >= 0.6 is 12.6 Å². The highest BCUT2D eigenvalue weighted by molar-refractivity contribution is 7.80. The van der Waals surface area contributed by atoms with Crippen LogP contribution in [0.2, 0.25) is 0 Å². The van der Waals surface area contributed by atoms with E-state index in [-0.39, 0.29) is 12.4 Å². The maximum atomic E-state index is 11.8. The minimum Gasteiger partial charge on any atom is -0.394 e. The summed E-state index contributed by atoms with van der Waals surface area (Å²) < 4.78 is 33.3. The lowest BCUT2D eigenvalue weighted by atomic mass is 9.95. The van der Waals surface area contributed by atoms with Crippen molar-refractivity contribution in [2.75, 3.05) is 32.2 Å². The summed E-state index contributed by atoms with van der Waals surface area (Å²) in [4.78, 5) is 11.8. The Morgan fingerprint density at radius 1 is 0.700 bits per heavy atom. The first-order valence-electron chi connectivity index (χ1n) is 12.7. The first kappa shape index (κ1) is 33.7. The molecule has 234 valence electrons. The van der Waals surface area contributed by atoms with E-state index in [1.54, 1.807) is 0 Å². The van der Waals surface area contributed by atoms with Crippen LogP contribution in [0.5, 0.6) is 0 Å². The number of carbonyl (C=O) groups is 1. The Hall–Kier alpha value is -0.780. The third kappa shape index (κ3) is 7.40. The Kier molecular flexibility index (Phi) is 12.7. The summed E-state index contributed by atoms with van der Waals surface area (Å²) in [5.41, 5.74) is 0. The molecule has 0 aromatic carbocycles. The van der Waals surface area contributed by atoms with Crippen molar-refractivity contribution in [2.45, 2.75) is 99.0 Å². The molecule has 3 saturated heterocycles. The van der Waals surface area contributed by atoms with Crippen molar-refractivity contribution in [2.24, 2.45) is 0 Å². The molecule has 0 aromatic rings. The van der Waals surface area contributed by atoms with Gasteiger partial charge in [0.2, 0.25) is 5.91 Å². The quantitative estimate of drug-likeness (QED) is 0.0978. The number of hydrogen-bond acceptors (Lipinski definition) is 17. The van der Waals surface area contributed by atoms with Gasteiger partial charge in [-0.3, -0.25) is 4.79 Å². The first-order valence-corrected chi connectivity index (χ1v) is 13.3. The number of nitrogens with one attached hydrogen (secondary N) is 1. The summed E-state index contributed by atoms with van der Waals surface area (Å²) in [6.07, 6.45) is -22.5. The summed E-state index contributed by atoms with van der Waals surface area (Å²) in [6.45, 7) is -0.986. The van der Waals surface area contributed by atoms with Gasteiger partial charge in [-0.25, -0.2) is 0 Å². The smallest absolute Gasteiger partial charge is 0.217 e. The van der Waals surface area contributed by atoms with Crippen LogP contribution in [0, 0.1) is 0 Å². The van der Waals surface area contributed by atoms with Gasteiger partial charge in [0.05, 0.1) is 26.4 Å². The number of aliphatic hydroxyl groups is 9. The van der Waals surface area contributed by atoms with Gasteiger partial charge in [-0.1, -0.05) is 0 Å². The monoisotopic (exact) mass is 605 g/mol. The number of thiol groups is 1. The van der Waals surface area contributed by atoms with Gasteiger partial charge in [-0.15, -0.1) is 0 Å². The summed E-state index contributed by atoms with van der Waals surface area (Å²) in [5, 5.41) is 94.7. The van der Waals surface area contributed by atoms with Gasteiger partial charge in [0.15, 0.2) is 18.9 Å². The fourth-order valence-electron chi connectivity index (χ4n) is 4.75. The molecule has 0 aliphatic carbocycles. The highest BCUT2D eigenvalue weighted by Gasteiger charge is 2.54. The van der Waals surface area contributed by atoms with Crippen LogP contribution < -0.4 is 5.32 Å². The van der Waals surface area contributed by atoms with E-state index in [9.17, 15) is 50.8 Å². The van der Waals surface area contributed by atoms with Gasteiger partial charge in [0, 0.05) is 12.7 Å². The molecule has 15 atom stereocenters. The molecule has 0 bridgehead atoms. The minimum atomic E-state index is -1.89. The lowest BCUT2D eigenvalue weighted by molar-refractivity contribution is -0.375. The average molecular weight is 606 g/mol. The zero-order chi connectivity index (χ0) is 29.7. The fraction of sp³-hybridized carbons (Fsp3) is 0.955. The van der Waals surface area contributed by atoms with Crippen LogP contribution in [0.1, 0.15) is 6.92 Å². The van der Waals surface area contributed by atoms with E-state index < -0.39 is 118 Å². The second kappa shape index (κ2) is 15.1. The number of aliphatic hydroxyl groups excluding tert-OH is 9. The van der Waals surface area contributed by atoms with E-state index in [2.05, 4.69) is 17.9 Å². The van der Waals surface area contributed by atoms with Crippen molar-refractivity contribution in [3.8, 4) is 0 Å². The van der Waals surface area contributed by atoms with Gasteiger partial charge < -0.3 is 79.7 Å². The van der Waals surface area contributed by atoms with Crippen molar-refractivity contribution in [3.63, 3.8) is 0 Å². The van der Waals surface area contributed by atoms with E-state index in [1.807, 2.05) is 0 Å². The third-order valence-electron chi connectivity index (χ3n) is 6.85. The van der Waals surface area contributed by atoms with Crippen LogP contribution in [-0.4, -0.2) is 176 Å². The summed E-state index contributed by atoms with van der Waals surface area (Å²) in [6, 6.07) is -1.19. The number of amides is 1. The second-order valence-corrected chi connectivity index (χ2v) is 10.1. The van der Waals surface area contributed by atoms with Crippen LogP contribution in [0.4, 0.5) is 0 Å². The summed E-state index contributed by atoms with van der Waals surface area (Å²) in [7, 11) is 0. The molecule has 3 rings (SSSR count). The maximum absolute atomic E-state index is 11.8. The van der Waals surface area contributed by atoms with Crippen LogP contribution in [0.25, 0.3) is 0 Å². The molecule has 3 aliphatic heterocycles. The van der Waals surface area contributed by atoms with Crippen molar-refractivity contribution >= 4 is 18.5 Å². The molecule has 0 aromatic heterocycles. The standard InChI is InChI=1S/C22H39NO16S/c1-7(27)23-11-14(30)18(10(6-26)37-20(11)34-2-3-40)38-22-17(33)19(13(29)9(5-25)36-22)39-21-16(32)15(31)12(28)8(4-24)35-21/h8-22,24-26,28-33,40H,2-6H2,1H3,(H,23,27)/t8?,9?,10?,11?,12-,13-,14+,15-,16?,17?,18+,19-,20+,21+,22-/m0/s1. The molecule has 6 unspecified atom stereocenters. The molecule has 40 heavy (non-hydrogen) atoms. The van der Waals surface area contributed by atoms with Crippen molar-refractivity contribution in [1.29, 1.82) is 0 Å². The largest absolute Gasteiger partial charge is 0.394 e. The molecule has 0 spiro atoms. The molecule has 10 N–H and O–H groups in total. The van der Waals surface area contributed by atoms with Crippen LogP contribution in [-0.2, 0) is 33.2 Å². The van der Waals surface area contributed by atoms with Crippen molar-refractivity contribution < 1.29 is 79.2 Å². The number of carbonyl (C=O) groups excluding carboxylic acids is 1. The van der Waals surface area contributed by atoms with Gasteiger partial charge in [-0.05, 0) is 0 Å².